The van der Waals surface area contributed by atoms with E-state index in [1.165, 1.54) is 45.2 Å². The quantitative estimate of drug-likeness (QED) is 0.633. The zero-order valence-corrected chi connectivity index (χ0v) is 8.71. The first-order valence-corrected chi connectivity index (χ1v) is 6.03. The second-order valence-electron chi connectivity index (χ2n) is 5.22. The van der Waals surface area contributed by atoms with Crippen molar-refractivity contribution in [2.75, 3.05) is 13.1 Å². The van der Waals surface area contributed by atoms with E-state index < -0.39 is 0 Å². The van der Waals surface area contributed by atoms with Gasteiger partial charge in [0, 0.05) is 0 Å². The first-order valence-electron chi connectivity index (χ1n) is 6.03. The van der Waals surface area contributed by atoms with E-state index >= 15 is 0 Å². The molecule has 76 valence electrons. The second-order valence-corrected chi connectivity index (χ2v) is 5.22. The number of fused-ring (bicyclic) bond motifs is 1. The van der Waals surface area contributed by atoms with Crippen LogP contribution in [-0.2, 0) is 0 Å². The van der Waals surface area contributed by atoms with Gasteiger partial charge in [0.15, 0.2) is 0 Å². The highest BCUT2D eigenvalue weighted by molar-refractivity contribution is 5.21. The summed E-state index contributed by atoms with van der Waals surface area (Å²) in [5, 5.41) is 9.51. The van der Waals surface area contributed by atoms with Crippen molar-refractivity contribution in [1.29, 1.82) is 5.26 Å². The molecule has 0 radical (unpaired) electrons. The van der Waals surface area contributed by atoms with Gasteiger partial charge >= 0.3 is 0 Å². The van der Waals surface area contributed by atoms with E-state index in [0.717, 1.165) is 18.3 Å². The van der Waals surface area contributed by atoms with Crippen molar-refractivity contribution in [3.63, 3.8) is 0 Å². The van der Waals surface area contributed by atoms with E-state index in [0.29, 0.717) is 0 Å². The first kappa shape index (κ1) is 8.73. The molecule has 3 rings (SSSR count). The van der Waals surface area contributed by atoms with Crippen molar-refractivity contribution in [2.24, 2.45) is 11.8 Å². The summed E-state index contributed by atoms with van der Waals surface area (Å²) in [6, 6.07) is 2.68. The molecule has 2 aliphatic carbocycles. The van der Waals surface area contributed by atoms with Gasteiger partial charge in [0.2, 0.25) is 0 Å². The minimum atomic E-state index is -0.0284. The normalized spacial score (nSPS) is 47.1. The van der Waals surface area contributed by atoms with Crippen molar-refractivity contribution in [1.82, 2.24) is 4.90 Å². The van der Waals surface area contributed by atoms with E-state index in [1.54, 1.807) is 0 Å². The molecule has 3 aliphatic rings. The zero-order valence-electron chi connectivity index (χ0n) is 8.71. The molecule has 0 aromatic rings. The molecule has 0 bridgehead atoms. The molecule has 0 N–H and O–H groups in total. The number of hydrogen-bond donors (Lipinski definition) is 0. The lowest BCUT2D eigenvalue weighted by Crippen LogP contribution is -2.49. The molecule has 14 heavy (non-hydrogen) atoms. The molecule has 3 fully saturated rings. The van der Waals surface area contributed by atoms with Crippen LogP contribution in [0.15, 0.2) is 0 Å². The Balaban J connectivity index is 1.86. The van der Waals surface area contributed by atoms with Crippen LogP contribution < -0.4 is 0 Å². The maximum Gasteiger partial charge on any atom is 0.112 e. The van der Waals surface area contributed by atoms with Crippen LogP contribution in [0.4, 0.5) is 0 Å². The molecule has 2 nitrogen and oxygen atoms in total. The molecule has 0 amide bonds. The third kappa shape index (κ3) is 1.05. The van der Waals surface area contributed by atoms with Crippen LogP contribution in [0.5, 0.6) is 0 Å². The maximum absolute atomic E-state index is 9.51. The standard InChI is InChI=1S/C12H18N2/c13-9-12(14-6-1-2-7-14)5-3-4-10-8-11(10)12/h10-11H,1-8H2. The fraction of sp³-hybridized carbons (Fsp3) is 0.917. The Morgan fingerprint density at radius 1 is 1.21 bits per heavy atom. The van der Waals surface area contributed by atoms with Crippen LogP contribution in [0.3, 0.4) is 0 Å². The van der Waals surface area contributed by atoms with Crippen molar-refractivity contribution in [3.05, 3.63) is 0 Å². The molecule has 1 aliphatic heterocycles. The maximum atomic E-state index is 9.51. The summed E-state index contributed by atoms with van der Waals surface area (Å²) in [4.78, 5) is 2.50. The predicted octanol–water partition coefficient (Wildman–Crippen LogP) is 2.16. The van der Waals surface area contributed by atoms with E-state index in [9.17, 15) is 5.26 Å². The average Bonchev–Trinajstić information content (AvgIpc) is 2.82. The van der Waals surface area contributed by atoms with Gasteiger partial charge in [-0.05, 0) is 57.0 Å². The van der Waals surface area contributed by atoms with Gasteiger partial charge in [-0.15, -0.1) is 0 Å². The Bertz CT molecular complexity index is 275. The molecule has 1 heterocycles. The summed E-state index contributed by atoms with van der Waals surface area (Å²) >= 11 is 0. The molecule has 0 aromatic heterocycles. The first-order chi connectivity index (χ1) is 6.87. The summed E-state index contributed by atoms with van der Waals surface area (Å²) in [6.07, 6.45) is 7.77. The largest absolute Gasteiger partial charge is 0.285 e. The number of rotatable bonds is 1. The van der Waals surface area contributed by atoms with Crippen LogP contribution >= 0.6 is 0 Å². The average molecular weight is 190 g/mol. The van der Waals surface area contributed by atoms with Gasteiger partial charge in [-0.3, -0.25) is 4.90 Å². The van der Waals surface area contributed by atoms with E-state index in [2.05, 4.69) is 11.0 Å². The zero-order chi connectivity index (χ0) is 9.60. The van der Waals surface area contributed by atoms with E-state index in [4.69, 9.17) is 0 Å². The number of hydrogen-bond acceptors (Lipinski definition) is 2. The van der Waals surface area contributed by atoms with Gasteiger partial charge in [0.1, 0.15) is 5.54 Å². The lowest BCUT2D eigenvalue weighted by Gasteiger charge is -2.39. The summed E-state index contributed by atoms with van der Waals surface area (Å²) in [5.41, 5.74) is -0.0284. The predicted molar refractivity (Wildman–Crippen MR) is 54.6 cm³/mol. The highest BCUT2D eigenvalue weighted by atomic mass is 15.2. The Hall–Kier alpha value is -0.550. The topological polar surface area (TPSA) is 27.0 Å². The molecule has 0 spiro atoms. The molecular formula is C12H18N2. The van der Waals surface area contributed by atoms with Crippen LogP contribution in [0.25, 0.3) is 0 Å². The van der Waals surface area contributed by atoms with Crippen molar-refractivity contribution < 1.29 is 0 Å². The van der Waals surface area contributed by atoms with Crippen molar-refractivity contribution >= 4 is 0 Å². The SMILES string of the molecule is N#CC1(N2CCCC2)CCCC2CC21. The summed E-state index contributed by atoms with van der Waals surface area (Å²) in [5.74, 6) is 1.64. The molecule has 3 unspecified atom stereocenters. The van der Waals surface area contributed by atoms with E-state index in [-0.39, 0.29) is 5.54 Å². The van der Waals surface area contributed by atoms with Gasteiger partial charge < -0.3 is 0 Å². The van der Waals surface area contributed by atoms with E-state index in [1.807, 2.05) is 0 Å². The van der Waals surface area contributed by atoms with Gasteiger partial charge in [-0.1, -0.05) is 6.42 Å². The highest BCUT2D eigenvalue weighted by Crippen LogP contribution is 2.57. The van der Waals surface area contributed by atoms with Gasteiger partial charge in [0.05, 0.1) is 6.07 Å². The monoisotopic (exact) mass is 190 g/mol. The summed E-state index contributed by atoms with van der Waals surface area (Å²) in [7, 11) is 0. The number of likely N-dealkylation sites (tertiary alicyclic amines) is 1. The van der Waals surface area contributed by atoms with Crippen LogP contribution in [0, 0.1) is 23.2 Å². The Morgan fingerprint density at radius 3 is 2.71 bits per heavy atom. The second kappa shape index (κ2) is 2.97. The lowest BCUT2D eigenvalue weighted by molar-refractivity contribution is 0.111. The van der Waals surface area contributed by atoms with Crippen LogP contribution in [-0.4, -0.2) is 23.5 Å². The Kier molecular flexibility index (Phi) is 1.85. The van der Waals surface area contributed by atoms with Crippen LogP contribution in [0.1, 0.15) is 38.5 Å². The lowest BCUT2D eigenvalue weighted by atomic mass is 9.81. The Morgan fingerprint density at radius 2 is 2.00 bits per heavy atom. The molecule has 3 atom stereocenters. The third-order valence-electron chi connectivity index (χ3n) is 4.53. The van der Waals surface area contributed by atoms with Gasteiger partial charge in [0.25, 0.3) is 0 Å². The van der Waals surface area contributed by atoms with Crippen molar-refractivity contribution in [2.45, 2.75) is 44.1 Å². The molecular weight excluding hydrogens is 172 g/mol. The van der Waals surface area contributed by atoms with Crippen molar-refractivity contribution in [3.8, 4) is 6.07 Å². The molecule has 0 aromatic carbocycles. The van der Waals surface area contributed by atoms with Crippen LogP contribution in [0.2, 0.25) is 0 Å². The fourth-order valence-electron chi connectivity index (χ4n) is 3.69. The number of nitrogens with zero attached hydrogens (tertiary/aromatic N) is 2. The molecule has 2 heteroatoms. The number of nitriles is 1. The molecule has 2 saturated carbocycles. The minimum Gasteiger partial charge on any atom is -0.285 e. The smallest absolute Gasteiger partial charge is 0.112 e. The summed E-state index contributed by atoms with van der Waals surface area (Å²) in [6.45, 7) is 2.35. The van der Waals surface area contributed by atoms with Gasteiger partial charge in [-0.2, -0.15) is 5.26 Å². The minimum absolute atomic E-state index is 0.0284. The highest BCUT2D eigenvalue weighted by Gasteiger charge is 2.58. The third-order valence-corrected chi connectivity index (χ3v) is 4.53. The fourth-order valence-corrected chi connectivity index (χ4v) is 3.69. The Labute approximate surface area is 85.9 Å². The molecule has 1 saturated heterocycles. The summed E-state index contributed by atoms with van der Waals surface area (Å²) < 4.78 is 0. The van der Waals surface area contributed by atoms with Gasteiger partial charge in [-0.25, -0.2) is 0 Å².